The molecule has 0 amide bonds. The van der Waals surface area contributed by atoms with Gasteiger partial charge in [-0.05, 0) is 53.5 Å². The van der Waals surface area contributed by atoms with Gasteiger partial charge in [-0.25, -0.2) is 0 Å². The van der Waals surface area contributed by atoms with Crippen LogP contribution in [0.4, 0.5) is 0 Å². The Morgan fingerprint density at radius 1 is 1.25 bits per heavy atom. The van der Waals surface area contributed by atoms with Crippen molar-refractivity contribution in [2.45, 2.75) is 58.0 Å². The maximum atomic E-state index is 11.4. The Hall–Kier alpha value is -0.0800. The first kappa shape index (κ1) is 14.0. The van der Waals surface area contributed by atoms with Crippen LogP contribution in [0.25, 0.3) is 0 Å². The average molecular weight is 246 g/mol. The van der Waals surface area contributed by atoms with E-state index in [1.165, 1.54) is 0 Å². The van der Waals surface area contributed by atoms with E-state index in [1.54, 1.807) is 0 Å². The van der Waals surface area contributed by atoms with Crippen molar-refractivity contribution in [3.63, 3.8) is 0 Å². The van der Waals surface area contributed by atoms with Crippen molar-refractivity contribution in [1.29, 1.82) is 0 Å². The molecular weight excluding hydrogens is 222 g/mol. The second-order valence-electron chi connectivity index (χ2n) is 6.33. The molecule has 1 aliphatic rings. The van der Waals surface area contributed by atoms with Gasteiger partial charge < -0.3 is 0 Å². The molecule has 0 unspecified atom stereocenters. The molecule has 0 aromatic rings. The molecule has 0 saturated carbocycles. The van der Waals surface area contributed by atoms with Crippen LogP contribution >= 0.6 is 11.6 Å². The number of hydrogen-bond acceptors (Lipinski definition) is 2. The zero-order chi connectivity index (χ0) is 12.6. The quantitative estimate of drug-likeness (QED) is 0.713. The smallest absolute Gasteiger partial charge is 0.147 e. The topological polar surface area (TPSA) is 20.3 Å². The van der Waals surface area contributed by atoms with Gasteiger partial charge in [0.25, 0.3) is 0 Å². The maximum absolute atomic E-state index is 11.4. The van der Waals surface area contributed by atoms with Crippen molar-refractivity contribution in [3.8, 4) is 0 Å². The predicted octanol–water partition coefficient (Wildman–Crippen LogP) is 3.08. The Balaban J connectivity index is 2.75. The highest BCUT2D eigenvalue weighted by atomic mass is 35.5. The summed E-state index contributed by atoms with van der Waals surface area (Å²) < 4.78 is 0. The number of carbonyl (C=O) groups excluding carboxylic acids is 1. The van der Waals surface area contributed by atoms with E-state index in [1.807, 2.05) is 0 Å². The first-order chi connectivity index (χ1) is 7.19. The van der Waals surface area contributed by atoms with E-state index in [0.29, 0.717) is 12.3 Å². The lowest BCUT2D eigenvalue weighted by Crippen LogP contribution is -2.58. The summed E-state index contributed by atoms with van der Waals surface area (Å²) >= 11 is 5.58. The van der Waals surface area contributed by atoms with Crippen molar-refractivity contribution >= 4 is 17.4 Å². The summed E-state index contributed by atoms with van der Waals surface area (Å²) in [5, 5.41) is 0. The molecule has 0 bridgehead atoms. The number of nitrogens with zero attached hydrogens (tertiary/aromatic N) is 1. The van der Waals surface area contributed by atoms with Crippen LogP contribution < -0.4 is 0 Å². The molecule has 16 heavy (non-hydrogen) atoms. The molecule has 0 atom stereocenters. The molecule has 0 aliphatic carbocycles. The van der Waals surface area contributed by atoms with Gasteiger partial charge >= 0.3 is 0 Å². The molecule has 0 aromatic carbocycles. The lowest BCUT2D eigenvalue weighted by atomic mass is 9.72. The molecule has 1 rings (SSSR count). The first-order valence-electron chi connectivity index (χ1n) is 6.00. The zero-order valence-corrected chi connectivity index (χ0v) is 11.9. The standard InChI is InChI=1S/C13H24ClNO/c1-12(2)7-10(6-11(16)9-14)8-13(3,4)15(12)5/h10H,6-9H2,1-5H3. The Morgan fingerprint density at radius 2 is 1.69 bits per heavy atom. The Labute approximate surface area is 104 Å². The van der Waals surface area contributed by atoms with E-state index in [2.05, 4.69) is 39.6 Å². The summed E-state index contributed by atoms with van der Waals surface area (Å²) in [5.41, 5.74) is 0.331. The fourth-order valence-electron chi connectivity index (χ4n) is 3.10. The monoisotopic (exact) mass is 245 g/mol. The Bertz CT molecular complexity index is 255. The summed E-state index contributed by atoms with van der Waals surface area (Å²) in [4.78, 5) is 13.9. The van der Waals surface area contributed by atoms with Crippen LogP contribution in [0.1, 0.15) is 47.0 Å². The number of ketones is 1. The molecule has 1 fully saturated rings. The summed E-state index contributed by atoms with van der Waals surface area (Å²) in [6.45, 7) is 9.02. The summed E-state index contributed by atoms with van der Waals surface area (Å²) in [7, 11) is 2.18. The van der Waals surface area contributed by atoms with E-state index in [9.17, 15) is 4.79 Å². The van der Waals surface area contributed by atoms with Crippen LogP contribution in [0.15, 0.2) is 0 Å². The van der Waals surface area contributed by atoms with Gasteiger partial charge in [-0.15, -0.1) is 11.6 Å². The van der Waals surface area contributed by atoms with E-state index >= 15 is 0 Å². The predicted molar refractivity (Wildman–Crippen MR) is 69.0 cm³/mol. The number of Topliss-reactive ketones (excluding diaryl/α,β-unsaturated/α-hetero) is 1. The third-order valence-corrected chi connectivity index (χ3v) is 4.36. The first-order valence-corrected chi connectivity index (χ1v) is 6.54. The largest absolute Gasteiger partial charge is 0.298 e. The van der Waals surface area contributed by atoms with Crippen molar-refractivity contribution < 1.29 is 4.79 Å². The van der Waals surface area contributed by atoms with Gasteiger partial charge in [0.2, 0.25) is 0 Å². The Kier molecular flexibility index (Phi) is 4.07. The minimum Gasteiger partial charge on any atom is -0.298 e. The van der Waals surface area contributed by atoms with Crippen molar-refractivity contribution in [1.82, 2.24) is 4.90 Å². The second-order valence-corrected chi connectivity index (χ2v) is 6.60. The highest BCUT2D eigenvalue weighted by Gasteiger charge is 2.43. The minimum atomic E-state index is 0.160. The average Bonchev–Trinajstić information content (AvgIpc) is 2.13. The van der Waals surface area contributed by atoms with Crippen molar-refractivity contribution in [3.05, 3.63) is 0 Å². The fraction of sp³-hybridized carbons (Fsp3) is 0.923. The summed E-state index contributed by atoms with van der Waals surface area (Å²) in [5.74, 6) is 0.822. The molecule has 0 radical (unpaired) electrons. The van der Waals surface area contributed by atoms with Gasteiger partial charge in [-0.1, -0.05) is 0 Å². The van der Waals surface area contributed by atoms with Crippen molar-refractivity contribution in [2.24, 2.45) is 5.92 Å². The highest BCUT2D eigenvalue weighted by Crippen LogP contribution is 2.41. The fourth-order valence-corrected chi connectivity index (χ4v) is 3.21. The van der Waals surface area contributed by atoms with Gasteiger partial charge in [0.15, 0.2) is 0 Å². The van der Waals surface area contributed by atoms with Gasteiger partial charge in [-0.3, -0.25) is 9.69 Å². The number of rotatable bonds is 3. The van der Waals surface area contributed by atoms with Crippen LogP contribution in [-0.4, -0.2) is 34.7 Å². The zero-order valence-electron chi connectivity index (χ0n) is 11.1. The molecule has 1 aliphatic heterocycles. The van der Waals surface area contributed by atoms with Crippen LogP contribution in [0, 0.1) is 5.92 Å². The lowest BCUT2D eigenvalue weighted by molar-refractivity contribution is -0.119. The Morgan fingerprint density at radius 3 is 2.06 bits per heavy atom. The molecule has 3 heteroatoms. The number of carbonyl (C=O) groups is 1. The van der Waals surface area contributed by atoms with Crippen LogP contribution in [0.5, 0.6) is 0 Å². The molecule has 1 saturated heterocycles. The minimum absolute atomic E-state index is 0.160. The van der Waals surface area contributed by atoms with E-state index in [4.69, 9.17) is 11.6 Å². The number of halogens is 1. The van der Waals surface area contributed by atoms with Crippen LogP contribution in [0.2, 0.25) is 0 Å². The second kappa shape index (κ2) is 4.66. The highest BCUT2D eigenvalue weighted by molar-refractivity contribution is 6.27. The summed E-state index contributed by atoms with van der Waals surface area (Å²) in [6, 6.07) is 0. The number of likely N-dealkylation sites (tertiary alicyclic amines) is 1. The van der Waals surface area contributed by atoms with Gasteiger partial charge in [-0.2, -0.15) is 0 Å². The summed E-state index contributed by atoms with van der Waals surface area (Å²) in [6.07, 6.45) is 2.80. The third kappa shape index (κ3) is 2.98. The van der Waals surface area contributed by atoms with E-state index < -0.39 is 0 Å². The molecule has 0 aromatic heterocycles. The molecule has 2 nitrogen and oxygen atoms in total. The van der Waals surface area contributed by atoms with Crippen molar-refractivity contribution in [2.75, 3.05) is 12.9 Å². The SMILES string of the molecule is CN1C(C)(C)CC(CC(=O)CCl)CC1(C)C. The third-order valence-electron chi connectivity index (χ3n) is 4.06. The van der Waals surface area contributed by atoms with Gasteiger partial charge in [0, 0.05) is 17.5 Å². The normalized spacial score (nSPS) is 25.6. The molecule has 1 heterocycles. The van der Waals surface area contributed by atoms with Crippen LogP contribution in [-0.2, 0) is 4.79 Å². The van der Waals surface area contributed by atoms with Crippen LogP contribution in [0.3, 0.4) is 0 Å². The van der Waals surface area contributed by atoms with E-state index in [0.717, 1.165) is 12.8 Å². The number of alkyl halides is 1. The molecule has 0 N–H and O–H groups in total. The van der Waals surface area contributed by atoms with Gasteiger partial charge in [0.05, 0.1) is 5.88 Å². The van der Waals surface area contributed by atoms with E-state index in [-0.39, 0.29) is 22.7 Å². The molecular formula is C13H24ClNO. The van der Waals surface area contributed by atoms with Gasteiger partial charge in [0.1, 0.15) is 5.78 Å². The lowest BCUT2D eigenvalue weighted by Gasteiger charge is -2.53. The maximum Gasteiger partial charge on any atom is 0.147 e. The molecule has 0 spiro atoms. The number of piperidine rings is 1. The number of hydrogen-bond donors (Lipinski definition) is 0. The molecule has 94 valence electrons.